The van der Waals surface area contributed by atoms with Gasteiger partial charge >= 0.3 is 0 Å². The molecule has 0 fully saturated rings. The maximum Gasteiger partial charge on any atom is 0.189 e. The van der Waals surface area contributed by atoms with E-state index in [0.29, 0.717) is 30.5 Å². The first kappa shape index (κ1) is 19.0. The van der Waals surface area contributed by atoms with Crippen molar-refractivity contribution in [3.63, 3.8) is 0 Å². The van der Waals surface area contributed by atoms with Crippen LogP contribution in [-0.2, 0) is 6.54 Å². The number of nitrogens with one attached hydrogen (secondary N) is 1. The highest BCUT2D eigenvalue weighted by Gasteiger charge is 1.99. The molecule has 0 saturated heterocycles. The second-order valence-corrected chi connectivity index (χ2v) is 4.57. The molecule has 6 heteroatoms. The summed E-state index contributed by atoms with van der Waals surface area (Å²) in [6, 6.07) is 13.4. The molecule has 0 amide bonds. The molecule has 23 heavy (non-hydrogen) atoms. The van der Waals surface area contributed by atoms with E-state index < -0.39 is 0 Å². The molecule has 0 unspecified atom stereocenters. The molecule has 4 nitrogen and oxygen atoms in total. The van der Waals surface area contributed by atoms with Gasteiger partial charge in [0.25, 0.3) is 0 Å². The molecule has 0 aromatic heterocycles. The smallest absolute Gasteiger partial charge is 0.189 e. The van der Waals surface area contributed by atoms with Crippen molar-refractivity contribution in [2.45, 2.75) is 6.54 Å². The van der Waals surface area contributed by atoms with Crippen molar-refractivity contribution >= 4 is 29.9 Å². The zero-order valence-electron chi connectivity index (χ0n) is 12.5. The third-order valence-corrected chi connectivity index (χ3v) is 2.83. The fraction of sp³-hybridized carbons (Fsp3) is 0.118. The van der Waals surface area contributed by atoms with Crippen LogP contribution < -0.4 is 15.8 Å². The van der Waals surface area contributed by atoms with Gasteiger partial charge in [0.1, 0.15) is 17.3 Å². The number of nitrogens with two attached hydrogens (primary N) is 1. The predicted molar refractivity (Wildman–Crippen MR) is 102 cm³/mol. The second kappa shape index (κ2) is 9.83. The molecule has 0 atom stereocenters. The van der Waals surface area contributed by atoms with Crippen LogP contribution in [0.5, 0.6) is 11.5 Å². The van der Waals surface area contributed by atoms with E-state index in [-0.39, 0.29) is 29.8 Å². The van der Waals surface area contributed by atoms with Gasteiger partial charge in [-0.05, 0) is 42.0 Å². The van der Waals surface area contributed by atoms with Crippen LogP contribution in [0.1, 0.15) is 5.56 Å². The zero-order chi connectivity index (χ0) is 15.8. The van der Waals surface area contributed by atoms with Crippen LogP contribution in [-0.4, -0.2) is 12.5 Å². The Bertz CT molecular complexity index is 642. The van der Waals surface area contributed by atoms with Crippen LogP contribution in [0.15, 0.2) is 66.2 Å². The Balaban J connectivity index is 0.00000264. The number of halogens is 2. The number of nitrogens with zero attached hydrogens (tertiary/aromatic N) is 1. The lowest BCUT2D eigenvalue weighted by atomic mass is 10.2. The first-order valence-corrected chi connectivity index (χ1v) is 6.84. The molecular weight excluding hydrogens is 408 g/mol. The lowest BCUT2D eigenvalue weighted by molar-refractivity contribution is 0.480. The van der Waals surface area contributed by atoms with Gasteiger partial charge in [-0.25, -0.2) is 9.38 Å². The molecule has 2 rings (SSSR count). The first-order valence-electron chi connectivity index (χ1n) is 6.84. The van der Waals surface area contributed by atoms with Crippen molar-refractivity contribution < 1.29 is 9.13 Å². The maximum atomic E-state index is 12.8. The van der Waals surface area contributed by atoms with Crippen LogP contribution >= 0.6 is 24.0 Å². The number of hydrogen-bond donors (Lipinski definition) is 2. The molecule has 0 aliphatic rings. The van der Waals surface area contributed by atoms with Crippen LogP contribution in [0.3, 0.4) is 0 Å². The summed E-state index contributed by atoms with van der Waals surface area (Å²) in [6.07, 6.45) is 1.71. The molecule has 122 valence electrons. The minimum Gasteiger partial charge on any atom is -0.457 e. The average molecular weight is 427 g/mol. The summed E-state index contributed by atoms with van der Waals surface area (Å²) >= 11 is 0. The van der Waals surface area contributed by atoms with Crippen molar-refractivity contribution in [2.24, 2.45) is 10.7 Å². The first-order chi connectivity index (χ1) is 10.7. The predicted octanol–water partition coefficient (Wildman–Crippen LogP) is 3.83. The Kier molecular flexibility index (Phi) is 8.10. The van der Waals surface area contributed by atoms with Gasteiger partial charge in [0.15, 0.2) is 5.96 Å². The van der Waals surface area contributed by atoms with E-state index >= 15 is 0 Å². The summed E-state index contributed by atoms with van der Waals surface area (Å²) in [6.45, 7) is 4.65. The van der Waals surface area contributed by atoms with E-state index in [2.05, 4.69) is 16.9 Å². The Labute approximate surface area is 152 Å². The Morgan fingerprint density at radius 2 is 1.70 bits per heavy atom. The Morgan fingerprint density at radius 1 is 1.13 bits per heavy atom. The van der Waals surface area contributed by atoms with E-state index in [4.69, 9.17) is 10.5 Å². The number of guanidine groups is 1. The quantitative estimate of drug-likeness (QED) is 0.319. The summed E-state index contributed by atoms with van der Waals surface area (Å²) < 4.78 is 18.4. The molecule has 0 radical (unpaired) electrons. The third-order valence-electron chi connectivity index (χ3n) is 2.83. The standard InChI is InChI=1S/C17H18FN3O.HI/c1-2-11-20-17(19)21-12-13-3-7-15(8-4-13)22-16-9-5-14(18)6-10-16;/h2-10H,1,11-12H2,(H3,19,20,21);1H. The minimum atomic E-state index is -0.289. The summed E-state index contributed by atoms with van der Waals surface area (Å²) in [5.41, 5.74) is 6.70. The Morgan fingerprint density at radius 3 is 2.26 bits per heavy atom. The van der Waals surface area contributed by atoms with E-state index in [0.717, 1.165) is 5.56 Å². The summed E-state index contributed by atoms with van der Waals surface area (Å²) in [7, 11) is 0. The highest BCUT2D eigenvalue weighted by molar-refractivity contribution is 14.0. The van der Waals surface area contributed by atoms with Gasteiger partial charge in [0, 0.05) is 6.54 Å². The Hall–Kier alpha value is -2.09. The van der Waals surface area contributed by atoms with Gasteiger partial charge in [-0.15, -0.1) is 30.6 Å². The van der Waals surface area contributed by atoms with E-state index in [1.807, 2.05) is 24.3 Å². The van der Waals surface area contributed by atoms with Gasteiger partial charge in [-0.1, -0.05) is 18.2 Å². The summed E-state index contributed by atoms with van der Waals surface area (Å²) in [5.74, 6) is 1.36. The van der Waals surface area contributed by atoms with Crippen molar-refractivity contribution in [3.8, 4) is 11.5 Å². The largest absolute Gasteiger partial charge is 0.457 e. The fourth-order valence-electron chi connectivity index (χ4n) is 1.71. The van der Waals surface area contributed by atoms with Gasteiger partial charge in [-0.3, -0.25) is 0 Å². The van der Waals surface area contributed by atoms with Crippen molar-refractivity contribution in [3.05, 3.63) is 72.6 Å². The van der Waals surface area contributed by atoms with E-state index in [1.165, 1.54) is 12.1 Å². The lowest BCUT2D eigenvalue weighted by Crippen LogP contribution is -2.31. The third kappa shape index (κ3) is 6.68. The number of rotatable bonds is 6. The minimum absolute atomic E-state index is 0. The summed E-state index contributed by atoms with van der Waals surface area (Å²) in [5, 5.41) is 2.91. The van der Waals surface area contributed by atoms with Gasteiger partial charge in [0.05, 0.1) is 6.54 Å². The lowest BCUT2D eigenvalue weighted by Gasteiger charge is -2.06. The van der Waals surface area contributed by atoms with Crippen LogP contribution in [0.4, 0.5) is 4.39 Å². The van der Waals surface area contributed by atoms with Crippen LogP contribution in [0.25, 0.3) is 0 Å². The highest BCUT2D eigenvalue weighted by Crippen LogP contribution is 2.21. The molecular formula is C17H19FIN3O. The SMILES string of the molecule is C=CCNC(N)=NCc1ccc(Oc2ccc(F)cc2)cc1.I. The number of hydrogen-bond acceptors (Lipinski definition) is 2. The molecule has 0 saturated carbocycles. The highest BCUT2D eigenvalue weighted by atomic mass is 127. The van der Waals surface area contributed by atoms with Crippen molar-refractivity contribution in [1.29, 1.82) is 0 Å². The molecule has 0 aliphatic carbocycles. The molecule has 2 aromatic rings. The monoisotopic (exact) mass is 427 g/mol. The average Bonchev–Trinajstić information content (AvgIpc) is 2.54. The topological polar surface area (TPSA) is 59.6 Å². The summed E-state index contributed by atoms with van der Waals surface area (Å²) in [4.78, 5) is 4.21. The second-order valence-electron chi connectivity index (χ2n) is 4.57. The molecule has 0 spiro atoms. The number of aliphatic imine (C=N–C) groups is 1. The molecule has 0 bridgehead atoms. The van der Waals surface area contributed by atoms with Crippen molar-refractivity contribution in [1.82, 2.24) is 5.32 Å². The normalized spacial score (nSPS) is 10.6. The molecule has 3 N–H and O–H groups in total. The van der Waals surface area contributed by atoms with Gasteiger partial charge in [0.2, 0.25) is 0 Å². The van der Waals surface area contributed by atoms with E-state index in [9.17, 15) is 4.39 Å². The zero-order valence-corrected chi connectivity index (χ0v) is 14.9. The van der Waals surface area contributed by atoms with Crippen LogP contribution in [0.2, 0.25) is 0 Å². The molecule has 2 aromatic carbocycles. The van der Waals surface area contributed by atoms with Gasteiger partial charge in [-0.2, -0.15) is 0 Å². The van der Waals surface area contributed by atoms with E-state index in [1.54, 1.807) is 18.2 Å². The number of ether oxygens (including phenoxy) is 1. The maximum absolute atomic E-state index is 12.8. The molecule has 0 aliphatic heterocycles. The fourth-order valence-corrected chi connectivity index (χ4v) is 1.71. The molecule has 0 heterocycles. The number of benzene rings is 2. The van der Waals surface area contributed by atoms with Crippen LogP contribution in [0, 0.1) is 5.82 Å². The van der Waals surface area contributed by atoms with Crippen molar-refractivity contribution in [2.75, 3.05) is 6.54 Å². The van der Waals surface area contributed by atoms with Gasteiger partial charge < -0.3 is 15.8 Å².